The maximum Gasteiger partial charge on any atom is 0.310 e. The van der Waals surface area contributed by atoms with E-state index < -0.39 is 11.9 Å². The van der Waals surface area contributed by atoms with Crippen molar-refractivity contribution in [3.63, 3.8) is 0 Å². The third-order valence-electron chi connectivity index (χ3n) is 4.03. The zero-order valence-electron chi connectivity index (χ0n) is 11.0. The van der Waals surface area contributed by atoms with E-state index in [0.717, 1.165) is 5.69 Å². The molecule has 2 atom stereocenters. The van der Waals surface area contributed by atoms with Crippen molar-refractivity contribution in [3.8, 4) is 0 Å². The predicted molar refractivity (Wildman–Crippen MR) is 67.7 cm³/mol. The molecule has 1 aliphatic heterocycles. The normalized spacial score (nSPS) is 27.1. The molecule has 2 unspecified atom stereocenters. The molecular formula is C13H19N3O3. The number of rotatable bonds is 5. The van der Waals surface area contributed by atoms with Crippen molar-refractivity contribution in [2.24, 2.45) is 5.92 Å². The van der Waals surface area contributed by atoms with E-state index in [1.54, 1.807) is 0 Å². The summed E-state index contributed by atoms with van der Waals surface area (Å²) in [6.45, 7) is 1.52. The Kier molecular flexibility index (Phi) is 3.28. The highest BCUT2D eigenvalue weighted by Crippen LogP contribution is 2.36. The fourth-order valence-corrected chi connectivity index (χ4v) is 2.72. The molecule has 1 aromatic rings. The fraction of sp³-hybridized carbons (Fsp3) is 0.692. The molecule has 0 spiro atoms. The molecule has 6 heteroatoms. The number of nitrogens with zero attached hydrogens (tertiary/aromatic N) is 3. The second-order valence-electron chi connectivity index (χ2n) is 5.49. The largest absolute Gasteiger partial charge is 0.481 e. The van der Waals surface area contributed by atoms with E-state index in [4.69, 9.17) is 4.74 Å². The Balaban J connectivity index is 1.68. The average Bonchev–Trinajstić information content (AvgIpc) is 2.92. The molecule has 1 saturated heterocycles. The molecule has 2 fully saturated rings. The van der Waals surface area contributed by atoms with Crippen molar-refractivity contribution in [1.82, 2.24) is 14.5 Å². The minimum Gasteiger partial charge on any atom is -0.481 e. The first kappa shape index (κ1) is 12.6. The van der Waals surface area contributed by atoms with E-state index in [2.05, 4.69) is 14.5 Å². The molecule has 3 rings (SSSR count). The molecule has 1 aromatic heterocycles. The van der Waals surface area contributed by atoms with Crippen molar-refractivity contribution in [3.05, 3.63) is 18.2 Å². The topological polar surface area (TPSA) is 67.6 Å². The molecule has 0 radical (unpaired) electrons. The maximum atomic E-state index is 11.2. The Morgan fingerprint density at radius 3 is 3.05 bits per heavy atom. The van der Waals surface area contributed by atoms with Gasteiger partial charge in [-0.15, -0.1) is 0 Å². The molecule has 6 nitrogen and oxygen atoms in total. The minimum atomic E-state index is -0.773. The van der Waals surface area contributed by atoms with Crippen LogP contribution in [0.1, 0.15) is 24.6 Å². The van der Waals surface area contributed by atoms with E-state index in [1.807, 2.05) is 19.6 Å². The second kappa shape index (κ2) is 4.94. The van der Waals surface area contributed by atoms with Crippen LogP contribution in [0.5, 0.6) is 0 Å². The molecular weight excluding hydrogens is 246 g/mol. The lowest BCUT2D eigenvalue weighted by atomic mass is 10.0. The Bertz CT molecular complexity index is 469. The number of imidazole rings is 1. The highest BCUT2D eigenvalue weighted by molar-refractivity contribution is 5.71. The van der Waals surface area contributed by atoms with Crippen LogP contribution in [0.15, 0.2) is 12.5 Å². The van der Waals surface area contributed by atoms with Gasteiger partial charge < -0.3 is 14.4 Å². The number of aliphatic carboxylic acids is 1. The molecule has 19 heavy (non-hydrogen) atoms. The quantitative estimate of drug-likeness (QED) is 0.851. The van der Waals surface area contributed by atoms with Gasteiger partial charge >= 0.3 is 5.97 Å². The number of carboxylic acids is 1. The lowest BCUT2D eigenvalue weighted by molar-refractivity contribution is -0.143. The van der Waals surface area contributed by atoms with Gasteiger partial charge in [0.15, 0.2) is 0 Å². The van der Waals surface area contributed by atoms with E-state index in [-0.39, 0.29) is 6.04 Å². The van der Waals surface area contributed by atoms with Crippen LogP contribution >= 0.6 is 0 Å². The summed E-state index contributed by atoms with van der Waals surface area (Å²) in [5, 5.41) is 9.19. The first-order valence-corrected chi connectivity index (χ1v) is 6.68. The molecule has 1 N–H and O–H groups in total. The Labute approximate surface area is 112 Å². The molecule has 104 valence electrons. The predicted octanol–water partition coefficient (Wildman–Crippen LogP) is 0.749. The van der Waals surface area contributed by atoms with Gasteiger partial charge in [-0.1, -0.05) is 0 Å². The maximum absolute atomic E-state index is 11.2. The highest BCUT2D eigenvalue weighted by Gasteiger charge is 2.37. The summed E-state index contributed by atoms with van der Waals surface area (Å²) in [5.74, 6) is -1.20. The van der Waals surface area contributed by atoms with Gasteiger partial charge in [0.1, 0.15) is 0 Å². The van der Waals surface area contributed by atoms with Crippen LogP contribution in [0.2, 0.25) is 0 Å². The summed E-state index contributed by atoms with van der Waals surface area (Å²) >= 11 is 0. The van der Waals surface area contributed by atoms with Crippen LogP contribution in [0.25, 0.3) is 0 Å². The first-order valence-electron chi connectivity index (χ1n) is 6.68. The van der Waals surface area contributed by atoms with Gasteiger partial charge in [-0.3, -0.25) is 9.69 Å². The summed E-state index contributed by atoms with van der Waals surface area (Å²) in [5.41, 5.74) is 1.15. The number of hydrogen-bond donors (Lipinski definition) is 1. The third-order valence-corrected chi connectivity index (χ3v) is 4.03. The van der Waals surface area contributed by atoms with Gasteiger partial charge in [0.05, 0.1) is 31.2 Å². The van der Waals surface area contributed by atoms with Crippen LogP contribution in [-0.4, -0.2) is 51.8 Å². The minimum absolute atomic E-state index is 0.0555. The average molecular weight is 265 g/mol. The van der Waals surface area contributed by atoms with Crippen LogP contribution in [0.3, 0.4) is 0 Å². The SMILES string of the molecule is CN(Cc1cncn1C1CC1)C1COCC1C(=O)O. The standard InChI is InChI=1S/C13H19N3O3/c1-15(12-7-19-6-11(12)13(17)18)5-10-4-14-8-16(10)9-2-3-9/h4,8-9,11-12H,2-3,5-7H2,1H3,(H,17,18). The molecule has 0 amide bonds. The zero-order valence-corrected chi connectivity index (χ0v) is 11.0. The summed E-state index contributed by atoms with van der Waals surface area (Å²) in [7, 11) is 1.96. The van der Waals surface area contributed by atoms with Gasteiger partial charge in [0, 0.05) is 24.8 Å². The smallest absolute Gasteiger partial charge is 0.310 e. The third kappa shape index (κ3) is 2.50. The number of ether oxygens (including phenoxy) is 1. The second-order valence-corrected chi connectivity index (χ2v) is 5.49. The van der Waals surface area contributed by atoms with E-state index in [9.17, 15) is 9.90 Å². The fourth-order valence-electron chi connectivity index (χ4n) is 2.72. The summed E-state index contributed by atoms with van der Waals surface area (Å²) in [6, 6.07) is 0.543. The molecule has 0 bridgehead atoms. The van der Waals surface area contributed by atoms with Crippen molar-refractivity contribution in [2.45, 2.75) is 31.5 Å². The van der Waals surface area contributed by atoms with Crippen molar-refractivity contribution in [1.29, 1.82) is 0 Å². The van der Waals surface area contributed by atoms with Gasteiger partial charge in [-0.25, -0.2) is 4.98 Å². The molecule has 1 saturated carbocycles. The van der Waals surface area contributed by atoms with Gasteiger partial charge in [-0.2, -0.15) is 0 Å². The Hall–Kier alpha value is -1.40. The number of carboxylic acid groups (broad SMARTS) is 1. The lowest BCUT2D eigenvalue weighted by Crippen LogP contribution is -2.40. The molecule has 2 heterocycles. The van der Waals surface area contributed by atoms with E-state index in [1.165, 1.54) is 12.8 Å². The Morgan fingerprint density at radius 1 is 1.58 bits per heavy atom. The van der Waals surface area contributed by atoms with Crippen LogP contribution in [0.4, 0.5) is 0 Å². The number of aromatic nitrogens is 2. The van der Waals surface area contributed by atoms with Crippen LogP contribution in [-0.2, 0) is 16.1 Å². The van der Waals surface area contributed by atoms with Gasteiger partial charge in [0.25, 0.3) is 0 Å². The first-order chi connectivity index (χ1) is 9.16. The lowest BCUT2D eigenvalue weighted by Gasteiger charge is -2.26. The van der Waals surface area contributed by atoms with Gasteiger partial charge in [-0.05, 0) is 19.9 Å². The summed E-state index contributed by atoms with van der Waals surface area (Å²) < 4.78 is 7.53. The number of likely N-dealkylation sites (N-methyl/N-ethyl adjacent to an activating group) is 1. The van der Waals surface area contributed by atoms with Crippen LogP contribution < -0.4 is 0 Å². The highest BCUT2D eigenvalue weighted by atomic mass is 16.5. The summed E-state index contributed by atoms with van der Waals surface area (Å²) in [6.07, 6.45) is 6.19. The monoisotopic (exact) mass is 265 g/mol. The molecule has 1 aliphatic carbocycles. The van der Waals surface area contributed by atoms with Gasteiger partial charge in [0.2, 0.25) is 0 Å². The van der Waals surface area contributed by atoms with Crippen molar-refractivity contribution < 1.29 is 14.6 Å². The number of hydrogen-bond acceptors (Lipinski definition) is 4. The summed E-state index contributed by atoms with van der Waals surface area (Å²) in [4.78, 5) is 17.5. The molecule has 2 aliphatic rings. The Morgan fingerprint density at radius 2 is 2.37 bits per heavy atom. The van der Waals surface area contributed by atoms with E-state index in [0.29, 0.717) is 25.8 Å². The van der Waals surface area contributed by atoms with Crippen LogP contribution in [0, 0.1) is 5.92 Å². The van der Waals surface area contributed by atoms with Crippen molar-refractivity contribution in [2.75, 3.05) is 20.3 Å². The van der Waals surface area contributed by atoms with Crippen molar-refractivity contribution >= 4 is 5.97 Å². The van der Waals surface area contributed by atoms with E-state index >= 15 is 0 Å². The molecule has 0 aromatic carbocycles. The number of carbonyl (C=O) groups is 1. The zero-order chi connectivity index (χ0) is 13.4.